The van der Waals surface area contributed by atoms with Crippen molar-refractivity contribution >= 4 is 5.96 Å². The van der Waals surface area contributed by atoms with Crippen LogP contribution in [0.15, 0.2) is 65.7 Å². The van der Waals surface area contributed by atoms with Crippen LogP contribution < -0.4 is 10.6 Å². The molecule has 0 aliphatic heterocycles. The first-order valence-corrected chi connectivity index (χ1v) is 8.41. The third-order valence-electron chi connectivity index (χ3n) is 4.12. The Morgan fingerprint density at radius 3 is 2.12 bits per heavy atom. The van der Waals surface area contributed by atoms with E-state index in [1.165, 1.54) is 11.1 Å². The van der Waals surface area contributed by atoms with Crippen molar-refractivity contribution < 1.29 is 0 Å². The SMILES string of the molecule is CN=C(NCc1ccccc1)NCC(C)N(C)Cc1ccccc1. The summed E-state index contributed by atoms with van der Waals surface area (Å²) >= 11 is 0. The quantitative estimate of drug-likeness (QED) is 0.608. The van der Waals surface area contributed by atoms with E-state index < -0.39 is 0 Å². The average Bonchev–Trinajstić information content (AvgIpc) is 2.63. The molecule has 2 aromatic rings. The molecule has 4 heteroatoms. The third kappa shape index (κ3) is 6.05. The predicted octanol–water partition coefficient (Wildman–Crippen LogP) is 2.87. The van der Waals surface area contributed by atoms with Crippen LogP contribution in [-0.2, 0) is 13.1 Å². The summed E-state index contributed by atoms with van der Waals surface area (Å²) in [5.41, 5.74) is 2.58. The minimum atomic E-state index is 0.403. The second-order valence-electron chi connectivity index (χ2n) is 6.04. The largest absolute Gasteiger partial charge is 0.355 e. The molecule has 0 aliphatic rings. The second-order valence-corrected chi connectivity index (χ2v) is 6.04. The number of nitrogens with one attached hydrogen (secondary N) is 2. The minimum absolute atomic E-state index is 0.403. The highest BCUT2D eigenvalue weighted by atomic mass is 15.2. The molecule has 24 heavy (non-hydrogen) atoms. The number of hydrogen-bond acceptors (Lipinski definition) is 2. The summed E-state index contributed by atoms with van der Waals surface area (Å²) in [6.07, 6.45) is 0. The number of rotatable bonds is 7. The molecule has 2 N–H and O–H groups in total. The van der Waals surface area contributed by atoms with Gasteiger partial charge >= 0.3 is 0 Å². The predicted molar refractivity (Wildman–Crippen MR) is 102 cm³/mol. The standard InChI is InChI=1S/C20H28N4/c1-17(24(3)16-19-12-8-5-9-13-19)14-22-20(21-2)23-15-18-10-6-4-7-11-18/h4-13,17H,14-16H2,1-3H3,(H2,21,22,23). The van der Waals surface area contributed by atoms with Gasteiger partial charge < -0.3 is 10.6 Å². The van der Waals surface area contributed by atoms with Crippen molar-refractivity contribution in [2.24, 2.45) is 4.99 Å². The third-order valence-corrected chi connectivity index (χ3v) is 4.12. The maximum absolute atomic E-state index is 4.29. The lowest BCUT2D eigenvalue weighted by atomic mass is 10.2. The van der Waals surface area contributed by atoms with E-state index in [-0.39, 0.29) is 0 Å². The van der Waals surface area contributed by atoms with Crippen molar-refractivity contribution in [3.05, 3.63) is 71.8 Å². The number of guanidine groups is 1. The molecule has 4 nitrogen and oxygen atoms in total. The summed E-state index contributed by atoms with van der Waals surface area (Å²) < 4.78 is 0. The first-order chi connectivity index (χ1) is 11.7. The summed E-state index contributed by atoms with van der Waals surface area (Å²) in [6, 6.07) is 21.3. The van der Waals surface area contributed by atoms with Gasteiger partial charge in [-0.25, -0.2) is 0 Å². The molecule has 0 spiro atoms. The maximum atomic E-state index is 4.29. The highest BCUT2D eigenvalue weighted by Crippen LogP contribution is 2.05. The summed E-state index contributed by atoms with van der Waals surface area (Å²) in [7, 11) is 3.96. The van der Waals surface area contributed by atoms with Gasteiger partial charge in [-0.1, -0.05) is 60.7 Å². The van der Waals surface area contributed by atoms with E-state index in [0.717, 1.165) is 25.6 Å². The van der Waals surface area contributed by atoms with Gasteiger partial charge in [0.2, 0.25) is 0 Å². The first kappa shape index (κ1) is 18.0. The molecule has 0 fully saturated rings. The number of likely N-dealkylation sites (N-methyl/N-ethyl adjacent to an activating group) is 1. The lowest BCUT2D eigenvalue weighted by molar-refractivity contribution is 0.249. The molecule has 1 atom stereocenters. The van der Waals surface area contributed by atoms with Crippen LogP contribution in [0.3, 0.4) is 0 Å². The summed E-state index contributed by atoms with van der Waals surface area (Å²) in [4.78, 5) is 6.63. The van der Waals surface area contributed by atoms with E-state index in [9.17, 15) is 0 Å². The molecule has 2 aromatic carbocycles. The Hall–Kier alpha value is -2.33. The van der Waals surface area contributed by atoms with Gasteiger partial charge in [0, 0.05) is 32.7 Å². The fourth-order valence-electron chi connectivity index (χ4n) is 2.43. The van der Waals surface area contributed by atoms with Crippen LogP contribution in [-0.4, -0.2) is 37.5 Å². The Morgan fingerprint density at radius 2 is 1.54 bits per heavy atom. The van der Waals surface area contributed by atoms with E-state index in [1.54, 1.807) is 7.05 Å². The Kier molecular flexibility index (Phi) is 7.30. The van der Waals surface area contributed by atoms with Crippen LogP contribution in [0.5, 0.6) is 0 Å². The lowest BCUT2D eigenvalue weighted by Gasteiger charge is -2.25. The maximum Gasteiger partial charge on any atom is 0.191 e. The van der Waals surface area contributed by atoms with E-state index >= 15 is 0 Å². The monoisotopic (exact) mass is 324 g/mol. The lowest BCUT2D eigenvalue weighted by Crippen LogP contribution is -2.44. The number of aliphatic imine (C=N–C) groups is 1. The Morgan fingerprint density at radius 1 is 0.958 bits per heavy atom. The molecule has 0 radical (unpaired) electrons. The summed E-state index contributed by atoms with van der Waals surface area (Å²) in [5.74, 6) is 0.832. The van der Waals surface area contributed by atoms with Crippen LogP contribution in [0, 0.1) is 0 Å². The zero-order valence-corrected chi connectivity index (χ0v) is 14.9. The molecule has 0 bridgehead atoms. The molecule has 0 amide bonds. The number of hydrogen-bond donors (Lipinski definition) is 2. The molecule has 0 saturated carbocycles. The molecular weight excluding hydrogens is 296 g/mol. The minimum Gasteiger partial charge on any atom is -0.355 e. The number of nitrogens with zero attached hydrogens (tertiary/aromatic N) is 2. The van der Waals surface area contributed by atoms with E-state index in [2.05, 4.69) is 77.0 Å². The zero-order valence-electron chi connectivity index (χ0n) is 14.9. The molecule has 0 aromatic heterocycles. The van der Waals surface area contributed by atoms with Crippen LogP contribution in [0.4, 0.5) is 0 Å². The highest BCUT2D eigenvalue weighted by molar-refractivity contribution is 5.79. The van der Waals surface area contributed by atoms with Crippen molar-refractivity contribution in [3.8, 4) is 0 Å². The Bertz CT molecular complexity index is 610. The Balaban J connectivity index is 1.75. The molecular formula is C20H28N4. The smallest absolute Gasteiger partial charge is 0.191 e. The first-order valence-electron chi connectivity index (χ1n) is 8.41. The highest BCUT2D eigenvalue weighted by Gasteiger charge is 2.10. The average molecular weight is 324 g/mol. The van der Waals surface area contributed by atoms with Crippen molar-refractivity contribution in [1.29, 1.82) is 0 Å². The van der Waals surface area contributed by atoms with Gasteiger partial charge in [0.15, 0.2) is 5.96 Å². The Labute approximate surface area is 145 Å². The van der Waals surface area contributed by atoms with Gasteiger partial charge in [0.05, 0.1) is 0 Å². The van der Waals surface area contributed by atoms with Crippen LogP contribution >= 0.6 is 0 Å². The molecule has 0 heterocycles. The zero-order chi connectivity index (χ0) is 17.2. The van der Waals surface area contributed by atoms with Crippen LogP contribution in [0.2, 0.25) is 0 Å². The molecule has 2 rings (SSSR count). The second kappa shape index (κ2) is 9.73. The van der Waals surface area contributed by atoms with Gasteiger partial charge in [0.1, 0.15) is 0 Å². The molecule has 1 unspecified atom stereocenters. The summed E-state index contributed by atoms with van der Waals surface area (Å²) in [6.45, 7) is 4.78. The van der Waals surface area contributed by atoms with Gasteiger partial charge in [-0.05, 0) is 25.1 Å². The van der Waals surface area contributed by atoms with Crippen molar-refractivity contribution in [2.75, 3.05) is 20.6 Å². The van der Waals surface area contributed by atoms with Gasteiger partial charge in [0.25, 0.3) is 0 Å². The van der Waals surface area contributed by atoms with Crippen molar-refractivity contribution in [2.45, 2.75) is 26.1 Å². The van der Waals surface area contributed by atoms with E-state index in [0.29, 0.717) is 6.04 Å². The number of benzene rings is 2. The van der Waals surface area contributed by atoms with Crippen molar-refractivity contribution in [3.63, 3.8) is 0 Å². The van der Waals surface area contributed by atoms with E-state index in [1.807, 2.05) is 18.2 Å². The fourth-order valence-corrected chi connectivity index (χ4v) is 2.43. The molecule has 0 aliphatic carbocycles. The normalized spacial score (nSPS) is 12.9. The van der Waals surface area contributed by atoms with Crippen molar-refractivity contribution in [1.82, 2.24) is 15.5 Å². The van der Waals surface area contributed by atoms with E-state index in [4.69, 9.17) is 0 Å². The topological polar surface area (TPSA) is 39.7 Å². The van der Waals surface area contributed by atoms with Gasteiger partial charge in [-0.3, -0.25) is 9.89 Å². The van der Waals surface area contributed by atoms with Gasteiger partial charge in [-0.15, -0.1) is 0 Å². The molecule has 128 valence electrons. The van der Waals surface area contributed by atoms with Crippen LogP contribution in [0.25, 0.3) is 0 Å². The summed E-state index contributed by atoms with van der Waals surface area (Å²) in [5, 5.41) is 6.75. The fraction of sp³-hybridized carbons (Fsp3) is 0.350. The molecule has 0 saturated heterocycles. The van der Waals surface area contributed by atoms with Crippen LogP contribution in [0.1, 0.15) is 18.1 Å². The van der Waals surface area contributed by atoms with Gasteiger partial charge in [-0.2, -0.15) is 0 Å².